The minimum atomic E-state index is -0.532. The van der Waals surface area contributed by atoms with E-state index in [0.717, 1.165) is 33.9 Å². The van der Waals surface area contributed by atoms with Crippen molar-refractivity contribution in [1.29, 1.82) is 0 Å². The van der Waals surface area contributed by atoms with Crippen LogP contribution < -0.4 is 5.32 Å². The number of nitrogens with one attached hydrogen (secondary N) is 3. The molecule has 0 unspecified atom stereocenters. The summed E-state index contributed by atoms with van der Waals surface area (Å²) in [6.45, 7) is 7.85. The second-order valence-electron chi connectivity index (χ2n) is 6.74. The lowest BCUT2D eigenvalue weighted by molar-refractivity contribution is -0.122. The van der Waals surface area contributed by atoms with Crippen LogP contribution in [0.1, 0.15) is 43.2 Å². The summed E-state index contributed by atoms with van der Waals surface area (Å²) < 4.78 is 0. The van der Waals surface area contributed by atoms with Crippen LogP contribution >= 0.6 is 0 Å². The molecule has 3 rings (SSSR count). The number of carbonyl (C=O) groups is 1. The number of H-pyrrole nitrogens is 2. The smallest absolute Gasteiger partial charge is 0.221 e. The molecule has 0 saturated carbocycles. The summed E-state index contributed by atoms with van der Waals surface area (Å²) in [4.78, 5) is 27.7. The Morgan fingerprint density at radius 3 is 2.71 bits per heavy atom. The number of imidazole rings is 2. The number of carbonyl (C=O) groups excluding carboxylic acids is 1. The highest BCUT2D eigenvalue weighted by Gasteiger charge is 2.25. The van der Waals surface area contributed by atoms with Gasteiger partial charge in [0.25, 0.3) is 0 Å². The number of aryl methyl sites for hydroxylation is 3. The maximum atomic E-state index is 12.3. The lowest BCUT2D eigenvalue weighted by Crippen LogP contribution is -2.42. The Balaban J connectivity index is 1.63. The molecular formula is C18H23N5O. The largest absolute Gasteiger partial charge is 0.344 e. The van der Waals surface area contributed by atoms with Crippen LogP contribution in [-0.4, -0.2) is 25.8 Å². The molecular weight excluding hydrogens is 302 g/mol. The van der Waals surface area contributed by atoms with Crippen LogP contribution in [-0.2, 0) is 16.8 Å². The molecule has 0 bridgehead atoms. The topological polar surface area (TPSA) is 86.5 Å². The zero-order valence-corrected chi connectivity index (χ0v) is 14.5. The van der Waals surface area contributed by atoms with Crippen molar-refractivity contribution < 1.29 is 4.79 Å². The van der Waals surface area contributed by atoms with Gasteiger partial charge >= 0.3 is 0 Å². The van der Waals surface area contributed by atoms with Crippen molar-refractivity contribution in [3.63, 3.8) is 0 Å². The monoisotopic (exact) mass is 325 g/mol. The number of nitrogens with zero attached hydrogens (tertiary/aromatic N) is 2. The van der Waals surface area contributed by atoms with E-state index in [2.05, 4.69) is 25.3 Å². The molecule has 6 nitrogen and oxygen atoms in total. The molecule has 6 heteroatoms. The standard InChI is InChI=1S/C18H23N5O/c1-11-6-5-7-13-16(11)22-14(21-13)8-9-15(24)23-18(3,4)17-19-10-12(2)20-17/h5-7,10H,8-9H2,1-4H3,(H,19,20)(H,21,22)(H,23,24). The van der Waals surface area contributed by atoms with Crippen LogP contribution in [0.4, 0.5) is 0 Å². The van der Waals surface area contributed by atoms with Gasteiger partial charge in [-0.2, -0.15) is 0 Å². The Kier molecular flexibility index (Phi) is 4.13. The minimum Gasteiger partial charge on any atom is -0.344 e. The van der Waals surface area contributed by atoms with E-state index >= 15 is 0 Å². The summed E-state index contributed by atoms with van der Waals surface area (Å²) in [5.74, 6) is 1.57. The quantitative estimate of drug-likeness (QED) is 0.674. The molecule has 0 spiro atoms. The van der Waals surface area contributed by atoms with Crippen molar-refractivity contribution in [2.45, 2.75) is 46.1 Å². The molecule has 3 aromatic rings. The first kappa shape index (κ1) is 16.2. The van der Waals surface area contributed by atoms with Crippen LogP contribution in [0.5, 0.6) is 0 Å². The molecule has 2 heterocycles. The third kappa shape index (κ3) is 3.32. The van der Waals surface area contributed by atoms with Gasteiger partial charge in [0, 0.05) is 24.7 Å². The van der Waals surface area contributed by atoms with E-state index in [1.54, 1.807) is 6.20 Å². The van der Waals surface area contributed by atoms with Crippen LogP contribution in [0, 0.1) is 13.8 Å². The van der Waals surface area contributed by atoms with Gasteiger partial charge in [-0.3, -0.25) is 4.79 Å². The highest BCUT2D eigenvalue weighted by atomic mass is 16.1. The maximum absolute atomic E-state index is 12.3. The lowest BCUT2D eigenvalue weighted by Gasteiger charge is -2.24. The second kappa shape index (κ2) is 6.11. The number of aromatic amines is 2. The van der Waals surface area contributed by atoms with E-state index in [0.29, 0.717) is 12.8 Å². The van der Waals surface area contributed by atoms with Crippen LogP contribution in [0.2, 0.25) is 0 Å². The molecule has 24 heavy (non-hydrogen) atoms. The van der Waals surface area contributed by atoms with Crippen molar-refractivity contribution in [1.82, 2.24) is 25.3 Å². The van der Waals surface area contributed by atoms with Gasteiger partial charge in [0.1, 0.15) is 11.6 Å². The SMILES string of the molecule is Cc1cnc(C(C)(C)NC(=O)CCc2nc3c(C)cccc3[nH]2)[nH]1. The van der Waals surface area contributed by atoms with Crippen LogP contribution in [0.3, 0.4) is 0 Å². The van der Waals surface area contributed by atoms with E-state index in [1.165, 1.54) is 0 Å². The van der Waals surface area contributed by atoms with Gasteiger partial charge in [-0.15, -0.1) is 0 Å². The van der Waals surface area contributed by atoms with E-state index in [4.69, 9.17) is 0 Å². The Morgan fingerprint density at radius 2 is 2.04 bits per heavy atom. The summed E-state index contributed by atoms with van der Waals surface area (Å²) in [5.41, 5.74) is 3.56. The van der Waals surface area contributed by atoms with Gasteiger partial charge in [0.05, 0.1) is 16.6 Å². The van der Waals surface area contributed by atoms with E-state index < -0.39 is 5.54 Å². The number of hydrogen-bond acceptors (Lipinski definition) is 3. The van der Waals surface area contributed by atoms with Gasteiger partial charge in [0.2, 0.25) is 5.91 Å². The van der Waals surface area contributed by atoms with Gasteiger partial charge in [0.15, 0.2) is 0 Å². The van der Waals surface area contributed by atoms with E-state index in [-0.39, 0.29) is 5.91 Å². The fourth-order valence-corrected chi connectivity index (χ4v) is 2.78. The Labute approximate surface area is 141 Å². The van der Waals surface area contributed by atoms with Gasteiger partial charge in [-0.25, -0.2) is 9.97 Å². The first-order chi connectivity index (χ1) is 11.3. The third-order valence-electron chi connectivity index (χ3n) is 4.10. The van der Waals surface area contributed by atoms with Crippen LogP contribution in [0.25, 0.3) is 11.0 Å². The molecule has 2 aromatic heterocycles. The van der Waals surface area contributed by atoms with Crippen LogP contribution in [0.15, 0.2) is 24.4 Å². The summed E-state index contributed by atoms with van der Waals surface area (Å²) in [6.07, 6.45) is 2.72. The Hall–Kier alpha value is -2.63. The predicted molar refractivity (Wildman–Crippen MR) is 93.6 cm³/mol. The van der Waals surface area contributed by atoms with E-state index in [1.807, 2.05) is 45.9 Å². The number of rotatable bonds is 5. The Bertz CT molecular complexity index is 875. The molecule has 1 amide bonds. The lowest BCUT2D eigenvalue weighted by atomic mass is 10.0. The number of para-hydroxylation sites is 1. The molecule has 3 N–H and O–H groups in total. The molecule has 0 aliphatic rings. The first-order valence-electron chi connectivity index (χ1n) is 8.12. The van der Waals surface area contributed by atoms with E-state index in [9.17, 15) is 4.79 Å². The van der Waals surface area contributed by atoms with Crippen molar-refractivity contribution in [2.24, 2.45) is 0 Å². The minimum absolute atomic E-state index is 0.0220. The number of amides is 1. The third-order valence-corrected chi connectivity index (χ3v) is 4.10. The van der Waals surface area contributed by atoms with Gasteiger partial charge in [-0.05, 0) is 39.3 Å². The highest BCUT2D eigenvalue weighted by Crippen LogP contribution is 2.18. The first-order valence-corrected chi connectivity index (χ1v) is 8.12. The summed E-state index contributed by atoms with van der Waals surface area (Å²) in [7, 11) is 0. The maximum Gasteiger partial charge on any atom is 0.221 e. The average molecular weight is 325 g/mol. The Morgan fingerprint density at radius 1 is 1.25 bits per heavy atom. The zero-order valence-electron chi connectivity index (χ0n) is 14.5. The summed E-state index contributed by atoms with van der Waals surface area (Å²) >= 11 is 0. The summed E-state index contributed by atoms with van der Waals surface area (Å²) in [6, 6.07) is 6.04. The second-order valence-corrected chi connectivity index (χ2v) is 6.74. The van der Waals surface area contributed by atoms with Crippen molar-refractivity contribution in [2.75, 3.05) is 0 Å². The average Bonchev–Trinajstić information content (AvgIpc) is 3.12. The normalized spacial score (nSPS) is 11.8. The van der Waals surface area contributed by atoms with Gasteiger partial charge in [-0.1, -0.05) is 12.1 Å². The number of hydrogen-bond donors (Lipinski definition) is 3. The van der Waals surface area contributed by atoms with Crippen molar-refractivity contribution in [3.8, 4) is 0 Å². The molecule has 0 aliphatic carbocycles. The fraction of sp³-hybridized carbons (Fsp3) is 0.389. The number of fused-ring (bicyclic) bond motifs is 1. The number of benzene rings is 1. The molecule has 1 aromatic carbocycles. The fourth-order valence-electron chi connectivity index (χ4n) is 2.78. The molecule has 0 saturated heterocycles. The zero-order chi connectivity index (χ0) is 17.3. The summed E-state index contributed by atoms with van der Waals surface area (Å²) in [5, 5.41) is 3.03. The number of aromatic nitrogens is 4. The molecule has 0 fully saturated rings. The molecule has 126 valence electrons. The van der Waals surface area contributed by atoms with Gasteiger partial charge < -0.3 is 15.3 Å². The predicted octanol–water partition coefficient (Wildman–Crippen LogP) is 2.89. The molecule has 0 atom stereocenters. The molecule has 0 aliphatic heterocycles. The molecule has 0 radical (unpaired) electrons. The van der Waals surface area contributed by atoms with Crippen molar-refractivity contribution in [3.05, 3.63) is 47.3 Å². The van der Waals surface area contributed by atoms with Crippen molar-refractivity contribution >= 4 is 16.9 Å². The highest BCUT2D eigenvalue weighted by molar-refractivity contribution is 5.79.